The Morgan fingerprint density at radius 1 is 1.24 bits per heavy atom. The average molecular weight is 479 g/mol. The minimum atomic E-state index is -4.51. The molecule has 1 N–H and O–H groups in total. The summed E-state index contributed by atoms with van der Waals surface area (Å²) in [7, 11) is -4.07. The van der Waals surface area contributed by atoms with Crippen molar-refractivity contribution in [3.63, 3.8) is 0 Å². The number of carbonyl (C=O) groups excluding carboxylic acids is 1. The maximum absolute atomic E-state index is 13.0. The van der Waals surface area contributed by atoms with Gasteiger partial charge in [-0.2, -0.15) is 18.4 Å². The maximum Gasteiger partial charge on any atom is 0.416 e. The predicted molar refractivity (Wildman–Crippen MR) is 112 cm³/mol. The van der Waals surface area contributed by atoms with Gasteiger partial charge in [-0.05, 0) is 42.0 Å². The zero-order valence-corrected chi connectivity index (χ0v) is 18.1. The van der Waals surface area contributed by atoms with Gasteiger partial charge in [0.25, 0.3) is 0 Å². The molecule has 3 rings (SSSR count). The Morgan fingerprint density at radius 3 is 2.64 bits per heavy atom. The summed E-state index contributed by atoms with van der Waals surface area (Å²) in [4.78, 5) is 13.3. The third kappa shape index (κ3) is 5.98. The minimum Gasteiger partial charge on any atom is -0.370 e. The van der Waals surface area contributed by atoms with E-state index in [-0.39, 0.29) is 35.7 Å². The molecule has 0 unspecified atom stereocenters. The molecule has 0 aliphatic carbocycles. The van der Waals surface area contributed by atoms with Crippen LogP contribution in [0.4, 0.5) is 13.2 Å². The van der Waals surface area contributed by atoms with Crippen molar-refractivity contribution in [1.82, 2.24) is 9.62 Å². The van der Waals surface area contributed by atoms with E-state index < -0.39 is 39.8 Å². The molecule has 0 aromatic heterocycles. The summed E-state index contributed by atoms with van der Waals surface area (Å²) in [5, 5.41) is 9.02. The van der Waals surface area contributed by atoms with E-state index in [2.05, 4.69) is 11.3 Å². The van der Waals surface area contributed by atoms with E-state index in [4.69, 9.17) is 10.00 Å². The summed E-state index contributed by atoms with van der Waals surface area (Å²) >= 11 is 0. The number of likely N-dealkylation sites (tertiary alicyclic amines) is 1. The highest BCUT2D eigenvalue weighted by Gasteiger charge is 2.38. The van der Waals surface area contributed by atoms with Crippen LogP contribution in [0.3, 0.4) is 0 Å². The zero-order chi connectivity index (χ0) is 24.2. The summed E-state index contributed by atoms with van der Waals surface area (Å²) < 4.78 is 72.8. The molecule has 11 heteroatoms. The number of nitrogens with one attached hydrogen (secondary N) is 1. The Balaban J connectivity index is 1.79. The van der Waals surface area contributed by atoms with Crippen molar-refractivity contribution in [2.24, 2.45) is 0 Å². The number of nitriles is 1. The van der Waals surface area contributed by atoms with Crippen LogP contribution in [0.25, 0.3) is 0 Å². The van der Waals surface area contributed by atoms with Crippen molar-refractivity contribution in [2.45, 2.75) is 29.8 Å². The van der Waals surface area contributed by atoms with Crippen LogP contribution in [-0.4, -0.2) is 44.5 Å². The number of sulfonamides is 1. The highest BCUT2D eigenvalue weighted by atomic mass is 32.2. The molecule has 0 bridgehead atoms. The van der Waals surface area contributed by atoms with Gasteiger partial charge < -0.3 is 9.64 Å². The van der Waals surface area contributed by atoms with Crippen LogP contribution >= 0.6 is 0 Å². The minimum absolute atomic E-state index is 0.0186. The zero-order valence-electron chi connectivity index (χ0n) is 17.2. The lowest BCUT2D eigenvalue weighted by molar-refractivity contribution is -0.137. The summed E-state index contributed by atoms with van der Waals surface area (Å²) in [6.45, 7) is 3.20. The molecule has 2 aromatic carbocycles. The quantitative estimate of drug-likeness (QED) is 0.616. The van der Waals surface area contributed by atoms with Crippen LogP contribution in [0.1, 0.15) is 16.7 Å². The number of benzene rings is 2. The van der Waals surface area contributed by atoms with Crippen LogP contribution in [-0.2, 0) is 32.3 Å². The number of hydrogen-bond donors (Lipinski definition) is 1. The molecule has 1 amide bonds. The van der Waals surface area contributed by atoms with Gasteiger partial charge in [-0.25, -0.2) is 13.1 Å². The first-order valence-corrected chi connectivity index (χ1v) is 11.2. The van der Waals surface area contributed by atoms with Gasteiger partial charge in [0, 0.05) is 13.1 Å². The molecule has 1 aliphatic heterocycles. The number of nitrogens with zero attached hydrogens (tertiary/aromatic N) is 2. The molecule has 174 valence electrons. The van der Waals surface area contributed by atoms with Crippen molar-refractivity contribution < 1.29 is 31.1 Å². The molecule has 0 radical (unpaired) electrons. The molecule has 0 saturated carbocycles. The second kappa shape index (κ2) is 9.74. The van der Waals surface area contributed by atoms with Crippen LogP contribution in [0, 0.1) is 11.3 Å². The van der Waals surface area contributed by atoms with E-state index >= 15 is 0 Å². The average Bonchev–Trinajstić information content (AvgIpc) is 3.18. The Hall–Kier alpha value is -3.20. The van der Waals surface area contributed by atoms with E-state index in [0.29, 0.717) is 0 Å². The van der Waals surface area contributed by atoms with E-state index in [0.717, 1.165) is 18.2 Å². The summed E-state index contributed by atoms with van der Waals surface area (Å²) in [6.07, 6.45) is -4.25. The fourth-order valence-electron chi connectivity index (χ4n) is 3.41. The number of rotatable bonds is 7. The summed E-state index contributed by atoms with van der Waals surface area (Å²) in [6, 6.07) is 11.0. The van der Waals surface area contributed by atoms with Gasteiger partial charge in [0.1, 0.15) is 0 Å². The van der Waals surface area contributed by atoms with Gasteiger partial charge in [0.15, 0.2) is 0 Å². The third-order valence-corrected chi connectivity index (χ3v) is 6.54. The second-order valence-electron chi connectivity index (χ2n) is 7.36. The highest BCUT2D eigenvalue weighted by molar-refractivity contribution is 7.89. The van der Waals surface area contributed by atoms with E-state index in [1.165, 1.54) is 41.3 Å². The van der Waals surface area contributed by atoms with E-state index in [1.807, 2.05) is 6.07 Å². The monoisotopic (exact) mass is 479 g/mol. The number of amides is 1. The van der Waals surface area contributed by atoms with Crippen LogP contribution < -0.4 is 4.72 Å². The molecule has 1 fully saturated rings. The first-order chi connectivity index (χ1) is 15.5. The fraction of sp³-hybridized carbons (Fsp3) is 0.273. The van der Waals surface area contributed by atoms with Gasteiger partial charge in [-0.3, -0.25) is 4.79 Å². The highest BCUT2D eigenvalue weighted by Crippen LogP contribution is 2.30. The van der Waals surface area contributed by atoms with Crippen molar-refractivity contribution in [1.29, 1.82) is 5.26 Å². The van der Waals surface area contributed by atoms with E-state index in [1.54, 1.807) is 0 Å². The van der Waals surface area contributed by atoms with Crippen molar-refractivity contribution in [3.05, 3.63) is 77.9 Å². The molecular formula is C22H20F3N3O4S. The predicted octanol–water partition coefficient (Wildman–Crippen LogP) is 2.84. The second-order valence-corrected chi connectivity index (χ2v) is 9.08. The molecular weight excluding hydrogens is 459 g/mol. The van der Waals surface area contributed by atoms with Crippen LogP contribution in [0.2, 0.25) is 0 Å². The normalized spacial score (nSPS) is 18.7. The molecule has 1 heterocycles. The van der Waals surface area contributed by atoms with Gasteiger partial charge in [0.2, 0.25) is 15.9 Å². The topological polar surface area (TPSA) is 99.5 Å². The summed E-state index contributed by atoms with van der Waals surface area (Å²) in [5.41, 5.74) is -0.417. The fourth-order valence-corrected chi connectivity index (χ4v) is 4.71. The third-order valence-electron chi connectivity index (χ3n) is 5.05. The smallest absolute Gasteiger partial charge is 0.370 e. The Labute approximate surface area is 189 Å². The Kier molecular flexibility index (Phi) is 7.22. The van der Waals surface area contributed by atoms with Gasteiger partial charge >= 0.3 is 6.18 Å². The van der Waals surface area contributed by atoms with E-state index in [9.17, 15) is 26.4 Å². The van der Waals surface area contributed by atoms with Gasteiger partial charge in [-0.15, -0.1) is 0 Å². The maximum atomic E-state index is 13.0. The standard InChI is InChI=1S/C22H20F3N3O4S/c1-2-21(29)28-12-19(27-33(30,31)18-8-4-5-15(10-18)11-26)20(13-28)32-14-16-6-3-7-17(9-16)22(23,24)25/h2-10,19-20,27H,1,12-14H2/t19-,20-/m1/s1. The number of ether oxygens (including phenoxy) is 1. The molecule has 1 saturated heterocycles. The lowest BCUT2D eigenvalue weighted by Gasteiger charge is -2.20. The molecule has 33 heavy (non-hydrogen) atoms. The Bertz CT molecular complexity index is 1190. The summed E-state index contributed by atoms with van der Waals surface area (Å²) in [5.74, 6) is -0.434. The SMILES string of the molecule is C=CC(=O)N1C[C@@H](NS(=O)(=O)c2cccc(C#N)c2)[C@H](OCc2cccc(C(F)(F)F)c2)C1. The number of carbonyl (C=O) groups is 1. The van der Waals surface area contributed by atoms with Crippen molar-refractivity contribution in [3.8, 4) is 6.07 Å². The van der Waals surface area contributed by atoms with Crippen molar-refractivity contribution in [2.75, 3.05) is 13.1 Å². The molecule has 1 aliphatic rings. The van der Waals surface area contributed by atoms with Crippen LogP contribution in [0.15, 0.2) is 66.1 Å². The lowest BCUT2D eigenvalue weighted by atomic mass is 10.1. The number of hydrogen-bond acceptors (Lipinski definition) is 5. The largest absolute Gasteiger partial charge is 0.416 e. The first-order valence-electron chi connectivity index (χ1n) is 9.75. The molecule has 2 atom stereocenters. The first kappa shape index (κ1) is 24.4. The number of alkyl halides is 3. The molecule has 7 nitrogen and oxygen atoms in total. The molecule has 0 spiro atoms. The Morgan fingerprint density at radius 2 is 1.97 bits per heavy atom. The van der Waals surface area contributed by atoms with Crippen molar-refractivity contribution >= 4 is 15.9 Å². The lowest BCUT2D eigenvalue weighted by Crippen LogP contribution is -2.44. The number of halogens is 3. The van der Waals surface area contributed by atoms with Gasteiger partial charge in [0.05, 0.1) is 40.8 Å². The molecule has 2 aromatic rings. The van der Waals surface area contributed by atoms with Gasteiger partial charge in [-0.1, -0.05) is 24.8 Å². The van der Waals surface area contributed by atoms with Crippen LogP contribution in [0.5, 0.6) is 0 Å².